The van der Waals surface area contributed by atoms with E-state index < -0.39 is 0 Å². The van der Waals surface area contributed by atoms with Crippen molar-refractivity contribution in [3.63, 3.8) is 0 Å². The van der Waals surface area contributed by atoms with Gasteiger partial charge in [0.1, 0.15) is 0 Å². The molecule has 0 unspecified atom stereocenters. The molecule has 2 nitrogen and oxygen atoms in total. The largest absolute Gasteiger partial charge is 0.399 e. The van der Waals surface area contributed by atoms with Gasteiger partial charge in [0.25, 0.3) is 0 Å². The zero-order valence-electron chi connectivity index (χ0n) is 9.08. The molecule has 0 aliphatic heterocycles. The highest BCUT2D eigenvalue weighted by atomic mass is 79.9. The first kappa shape index (κ1) is 13.4. The van der Waals surface area contributed by atoms with Gasteiger partial charge in [-0.1, -0.05) is 45.2 Å². The van der Waals surface area contributed by atoms with E-state index in [0.29, 0.717) is 26.3 Å². The minimum absolute atomic E-state index is 0.221. The van der Waals surface area contributed by atoms with Crippen LogP contribution in [-0.4, -0.2) is 5.78 Å². The maximum absolute atomic E-state index is 12.4. The molecule has 0 aliphatic carbocycles. The van der Waals surface area contributed by atoms with Gasteiger partial charge in [0.05, 0.1) is 10.0 Å². The second kappa shape index (κ2) is 5.31. The lowest BCUT2D eigenvalue weighted by Crippen LogP contribution is -2.04. The van der Waals surface area contributed by atoms with Gasteiger partial charge in [0.15, 0.2) is 5.78 Å². The number of ketones is 1. The molecule has 0 saturated heterocycles. The molecule has 0 heterocycles. The van der Waals surface area contributed by atoms with E-state index >= 15 is 0 Å². The number of nitrogens with two attached hydrogens (primary N) is 1. The number of halogens is 3. The Morgan fingerprint density at radius 3 is 2.56 bits per heavy atom. The molecule has 2 rings (SSSR count). The summed E-state index contributed by atoms with van der Waals surface area (Å²) in [5.74, 6) is -0.221. The van der Waals surface area contributed by atoms with Gasteiger partial charge >= 0.3 is 0 Å². The highest BCUT2D eigenvalue weighted by Gasteiger charge is 2.17. The molecule has 0 bridgehead atoms. The highest BCUT2D eigenvalue weighted by molar-refractivity contribution is 9.10. The Hall–Kier alpha value is -1.03. The monoisotopic (exact) mass is 343 g/mol. The van der Waals surface area contributed by atoms with Crippen molar-refractivity contribution < 1.29 is 4.79 Å². The van der Waals surface area contributed by atoms with Crippen molar-refractivity contribution in [2.75, 3.05) is 5.73 Å². The lowest BCUT2D eigenvalue weighted by Gasteiger charge is -2.07. The third-order valence-electron chi connectivity index (χ3n) is 2.43. The Kier molecular flexibility index (Phi) is 3.95. The van der Waals surface area contributed by atoms with Crippen molar-refractivity contribution in [1.82, 2.24) is 0 Å². The van der Waals surface area contributed by atoms with E-state index in [1.54, 1.807) is 36.4 Å². The van der Waals surface area contributed by atoms with Gasteiger partial charge in [-0.15, -0.1) is 0 Å². The summed E-state index contributed by atoms with van der Waals surface area (Å²) < 4.78 is 0.665. The zero-order chi connectivity index (χ0) is 13.3. The average molecular weight is 345 g/mol. The Balaban J connectivity index is 2.55. The van der Waals surface area contributed by atoms with Crippen molar-refractivity contribution in [3.8, 4) is 0 Å². The van der Waals surface area contributed by atoms with E-state index in [1.165, 1.54) is 0 Å². The number of carbonyl (C=O) groups excluding carboxylic acids is 1. The third-order valence-corrected chi connectivity index (χ3v) is 3.94. The number of hydrogen-bond donors (Lipinski definition) is 1. The predicted octanol–water partition coefficient (Wildman–Crippen LogP) is 4.57. The molecule has 2 aromatic rings. The van der Waals surface area contributed by atoms with Gasteiger partial charge in [-0.3, -0.25) is 4.79 Å². The number of benzene rings is 2. The average Bonchev–Trinajstić information content (AvgIpc) is 2.35. The number of anilines is 1. The second-order valence-corrected chi connectivity index (χ2v) is 5.31. The lowest BCUT2D eigenvalue weighted by atomic mass is 10.0. The van der Waals surface area contributed by atoms with Crippen LogP contribution in [0.2, 0.25) is 10.0 Å². The molecule has 0 fully saturated rings. The third kappa shape index (κ3) is 2.53. The van der Waals surface area contributed by atoms with Gasteiger partial charge < -0.3 is 5.73 Å². The van der Waals surface area contributed by atoms with E-state index in [2.05, 4.69) is 15.9 Å². The van der Waals surface area contributed by atoms with Crippen LogP contribution in [0.1, 0.15) is 15.9 Å². The van der Waals surface area contributed by atoms with Crippen LogP contribution >= 0.6 is 39.1 Å². The smallest absolute Gasteiger partial charge is 0.195 e. The highest BCUT2D eigenvalue weighted by Crippen LogP contribution is 2.29. The number of rotatable bonds is 2. The first-order valence-electron chi connectivity index (χ1n) is 5.04. The molecule has 0 radical (unpaired) electrons. The fourth-order valence-corrected chi connectivity index (χ4v) is 2.35. The zero-order valence-corrected chi connectivity index (χ0v) is 12.2. The maximum atomic E-state index is 12.4. The van der Waals surface area contributed by atoms with E-state index in [-0.39, 0.29) is 10.8 Å². The van der Waals surface area contributed by atoms with Crippen molar-refractivity contribution in [2.45, 2.75) is 0 Å². The molecule has 2 aromatic carbocycles. The van der Waals surface area contributed by atoms with Gasteiger partial charge in [0.2, 0.25) is 0 Å². The van der Waals surface area contributed by atoms with Crippen LogP contribution < -0.4 is 5.73 Å². The summed E-state index contributed by atoms with van der Waals surface area (Å²) in [6, 6.07) is 9.98. The standard InChI is InChI=1S/C13H8BrCl2NO/c14-10-5-4-7(17)6-9(10)13(18)8-2-1-3-11(15)12(8)16/h1-6H,17H2. The quantitative estimate of drug-likeness (QED) is 0.640. The van der Waals surface area contributed by atoms with Crippen LogP contribution in [0, 0.1) is 0 Å². The molecular formula is C13H8BrCl2NO. The second-order valence-electron chi connectivity index (χ2n) is 3.67. The first-order chi connectivity index (χ1) is 8.50. The molecule has 92 valence electrons. The van der Waals surface area contributed by atoms with Crippen LogP contribution in [0.5, 0.6) is 0 Å². The van der Waals surface area contributed by atoms with Gasteiger partial charge in [-0.25, -0.2) is 0 Å². The molecular weight excluding hydrogens is 337 g/mol. The molecule has 18 heavy (non-hydrogen) atoms. The lowest BCUT2D eigenvalue weighted by molar-refractivity contribution is 0.103. The number of nitrogen functional groups attached to an aromatic ring is 1. The summed E-state index contributed by atoms with van der Waals surface area (Å²) in [6.45, 7) is 0. The minimum atomic E-state index is -0.221. The Morgan fingerprint density at radius 1 is 1.11 bits per heavy atom. The Morgan fingerprint density at radius 2 is 1.83 bits per heavy atom. The van der Waals surface area contributed by atoms with E-state index in [9.17, 15) is 4.79 Å². The predicted molar refractivity (Wildman–Crippen MR) is 78.4 cm³/mol. The fourth-order valence-electron chi connectivity index (χ4n) is 1.54. The SMILES string of the molecule is Nc1ccc(Br)c(C(=O)c2cccc(Cl)c2Cl)c1. The van der Waals surface area contributed by atoms with E-state index in [1.807, 2.05) is 0 Å². The Labute approximate surface area is 123 Å². The molecule has 0 spiro atoms. The number of hydrogen-bond acceptors (Lipinski definition) is 2. The van der Waals surface area contributed by atoms with Gasteiger partial charge in [-0.2, -0.15) is 0 Å². The summed E-state index contributed by atoms with van der Waals surface area (Å²) in [5, 5.41) is 0.598. The number of carbonyl (C=O) groups is 1. The van der Waals surface area contributed by atoms with Gasteiger partial charge in [-0.05, 0) is 30.3 Å². The molecule has 0 aliphatic rings. The van der Waals surface area contributed by atoms with E-state index in [0.717, 1.165) is 0 Å². The molecule has 0 atom stereocenters. The van der Waals surface area contributed by atoms with Crippen molar-refractivity contribution in [2.24, 2.45) is 0 Å². The topological polar surface area (TPSA) is 43.1 Å². The summed E-state index contributed by atoms with van der Waals surface area (Å²) in [4.78, 5) is 12.4. The molecule has 2 N–H and O–H groups in total. The van der Waals surface area contributed by atoms with Crippen molar-refractivity contribution in [1.29, 1.82) is 0 Å². The maximum Gasteiger partial charge on any atom is 0.195 e. The molecule has 5 heteroatoms. The summed E-state index contributed by atoms with van der Waals surface area (Å²) in [5.41, 5.74) is 7.01. The summed E-state index contributed by atoms with van der Waals surface area (Å²) >= 11 is 15.2. The molecule has 0 saturated carbocycles. The minimum Gasteiger partial charge on any atom is -0.399 e. The van der Waals surface area contributed by atoms with Crippen LogP contribution in [0.15, 0.2) is 40.9 Å². The van der Waals surface area contributed by atoms with Crippen molar-refractivity contribution >= 4 is 50.6 Å². The normalized spacial score (nSPS) is 10.4. The summed E-state index contributed by atoms with van der Waals surface area (Å²) in [7, 11) is 0. The van der Waals surface area contributed by atoms with Crippen LogP contribution in [0.25, 0.3) is 0 Å². The van der Waals surface area contributed by atoms with Gasteiger partial charge in [0, 0.05) is 21.3 Å². The van der Waals surface area contributed by atoms with Crippen LogP contribution in [0.3, 0.4) is 0 Å². The first-order valence-corrected chi connectivity index (χ1v) is 6.59. The van der Waals surface area contributed by atoms with E-state index in [4.69, 9.17) is 28.9 Å². The Bertz CT molecular complexity index is 624. The molecule has 0 aromatic heterocycles. The van der Waals surface area contributed by atoms with Crippen molar-refractivity contribution in [3.05, 3.63) is 62.0 Å². The molecule has 0 amide bonds. The summed E-state index contributed by atoms with van der Waals surface area (Å²) in [6.07, 6.45) is 0. The fraction of sp³-hybridized carbons (Fsp3) is 0. The van der Waals surface area contributed by atoms with Crippen LogP contribution in [-0.2, 0) is 0 Å². The van der Waals surface area contributed by atoms with Crippen LogP contribution in [0.4, 0.5) is 5.69 Å².